The number of aldehydes is 1. The number of para-hydroxylation sites is 1. The van der Waals surface area contributed by atoms with Gasteiger partial charge >= 0.3 is 6.18 Å². The Morgan fingerprint density at radius 3 is 2.33 bits per heavy atom. The second-order valence-corrected chi connectivity index (χ2v) is 9.22. The van der Waals surface area contributed by atoms with E-state index in [0.29, 0.717) is 5.56 Å². The van der Waals surface area contributed by atoms with E-state index in [9.17, 15) is 23.1 Å². The van der Waals surface area contributed by atoms with Gasteiger partial charge in [-0.25, -0.2) is 0 Å². The van der Waals surface area contributed by atoms with E-state index in [-0.39, 0.29) is 18.8 Å². The fraction of sp³-hybridized carbons (Fsp3) is 0.192. The normalized spacial score (nSPS) is 14.9. The minimum absolute atomic E-state index is 0.174. The zero-order valence-corrected chi connectivity index (χ0v) is 20.1. The number of likely N-dealkylation sites (tertiary alicyclic amines) is 1. The summed E-state index contributed by atoms with van der Waals surface area (Å²) >= 11 is 1.52. The van der Waals surface area contributed by atoms with Crippen LogP contribution in [0.15, 0.2) is 84.0 Å². The lowest BCUT2D eigenvalue weighted by Gasteiger charge is -2.44. The fourth-order valence-electron chi connectivity index (χ4n) is 3.90. The highest BCUT2D eigenvalue weighted by Crippen LogP contribution is 2.38. The van der Waals surface area contributed by atoms with Crippen molar-refractivity contribution in [3.05, 3.63) is 95.9 Å². The number of hydrogen-bond acceptors (Lipinski definition) is 7. The van der Waals surface area contributed by atoms with Crippen molar-refractivity contribution in [1.82, 2.24) is 14.9 Å². The van der Waals surface area contributed by atoms with E-state index in [1.54, 1.807) is 30.3 Å². The molecule has 1 saturated heterocycles. The number of benzene rings is 2. The van der Waals surface area contributed by atoms with E-state index in [2.05, 4.69) is 14.7 Å². The smallest absolute Gasteiger partial charge is 0.381 e. The van der Waals surface area contributed by atoms with Crippen LogP contribution in [0.3, 0.4) is 0 Å². The van der Waals surface area contributed by atoms with E-state index >= 15 is 0 Å². The van der Waals surface area contributed by atoms with Crippen molar-refractivity contribution < 1.29 is 23.1 Å². The lowest BCUT2D eigenvalue weighted by Crippen LogP contribution is -2.58. The molecule has 5 rings (SSSR count). The van der Waals surface area contributed by atoms with Gasteiger partial charge in [-0.1, -0.05) is 18.2 Å². The van der Waals surface area contributed by atoms with Crippen molar-refractivity contribution in [3.8, 4) is 0 Å². The van der Waals surface area contributed by atoms with Crippen LogP contribution in [0.2, 0.25) is 0 Å². The first-order chi connectivity index (χ1) is 17.2. The fourth-order valence-corrected chi connectivity index (χ4v) is 4.68. The van der Waals surface area contributed by atoms with Crippen molar-refractivity contribution in [1.29, 1.82) is 0 Å². The molecule has 1 aliphatic heterocycles. The second-order valence-electron chi connectivity index (χ2n) is 8.38. The van der Waals surface area contributed by atoms with Crippen molar-refractivity contribution in [3.63, 3.8) is 0 Å². The van der Waals surface area contributed by atoms with Crippen molar-refractivity contribution >= 4 is 34.8 Å². The third-order valence-electron chi connectivity index (χ3n) is 5.54. The van der Waals surface area contributed by atoms with Crippen LogP contribution >= 0.6 is 11.9 Å². The maximum atomic E-state index is 12.7. The molecule has 0 aliphatic carbocycles. The summed E-state index contributed by atoms with van der Waals surface area (Å²) < 4.78 is 41.3. The summed E-state index contributed by atoms with van der Waals surface area (Å²) in [4.78, 5) is 21.5. The van der Waals surface area contributed by atoms with Gasteiger partial charge in [-0.05, 0) is 67.5 Å². The highest BCUT2D eigenvalue weighted by Gasteiger charge is 2.47. The molecule has 36 heavy (non-hydrogen) atoms. The number of pyridine rings is 2. The Labute approximate surface area is 210 Å². The molecule has 0 radical (unpaired) electrons. The number of alkyl halides is 3. The average Bonchev–Trinajstić information content (AvgIpc) is 2.87. The number of rotatable bonds is 5. The van der Waals surface area contributed by atoms with Gasteiger partial charge < -0.3 is 9.83 Å². The largest absolute Gasteiger partial charge is 0.418 e. The molecule has 2 N–H and O–H groups in total. The van der Waals surface area contributed by atoms with Crippen LogP contribution in [-0.4, -0.2) is 46.4 Å². The van der Waals surface area contributed by atoms with Crippen LogP contribution in [0.25, 0.3) is 10.9 Å². The first-order valence-electron chi connectivity index (χ1n) is 10.9. The maximum Gasteiger partial charge on any atom is 0.418 e. The number of aliphatic hydroxyl groups is 1. The summed E-state index contributed by atoms with van der Waals surface area (Å²) in [6.07, 6.45) is -0.578. The first kappa shape index (κ1) is 25.6. The topological polar surface area (TPSA) is 78.3 Å². The van der Waals surface area contributed by atoms with Crippen LogP contribution in [0, 0.1) is 0 Å². The quantitative estimate of drug-likeness (QED) is 0.274. The number of carbonyl (C=O) groups is 1. The Hall–Kier alpha value is -3.47. The Balaban J connectivity index is 0.000000174. The predicted octanol–water partition coefficient (Wildman–Crippen LogP) is 5.40. The summed E-state index contributed by atoms with van der Waals surface area (Å²) in [6, 6.07) is 19.6. The molecule has 186 valence electrons. The minimum atomic E-state index is -4.48. The van der Waals surface area contributed by atoms with E-state index in [0.717, 1.165) is 33.8 Å². The lowest BCUT2D eigenvalue weighted by atomic mass is 9.87. The summed E-state index contributed by atoms with van der Waals surface area (Å²) in [5, 5.41) is 11.1. The minimum Gasteiger partial charge on any atom is -0.381 e. The molecular formula is C26H23F3N4O2S. The Kier molecular flexibility index (Phi) is 7.58. The zero-order chi connectivity index (χ0) is 25.8. The zero-order valence-electron chi connectivity index (χ0n) is 19.2. The molecule has 1 fully saturated rings. The molecule has 4 aromatic rings. The van der Waals surface area contributed by atoms with Gasteiger partial charge in [0.15, 0.2) is 0 Å². The number of nitrogens with one attached hydrogen (secondary N) is 1. The van der Waals surface area contributed by atoms with Crippen molar-refractivity contribution in [2.75, 3.05) is 24.9 Å². The SMILES string of the molecule is CN1CC(O)(c2ncccc2C(F)(F)F)C1.O=Cc1ccc(NSc2cccc3cccnc23)cc1. The monoisotopic (exact) mass is 512 g/mol. The van der Waals surface area contributed by atoms with Crippen LogP contribution in [-0.2, 0) is 11.8 Å². The van der Waals surface area contributed by atoms with E-state index < -0.39 is 17.3 Å². The molecule has 0 saturated carbocycles. The number of aromatic nitrogens is 2. The summed E-state index contributed by atoms with van der Waals surface area (Å²) in [5.74, 6) is 0. The summed E-state index contributed by atoms with van der Waals surface area (Å²) in [6.45, 7) is 0.347. The number of anilines is 1. The van der Waals surface area contributed by atoms with Crippen LogP contribution in [0.5, 0.6) is 0 Å². The third-order valence-corrected chi connectivity index (χ3v) is 6.43. The molecule has 0 spiro atoms. The standard InChI is InChI=1S/C16H12N2OS.C10H11F3N2O/c19-11-12-6-8-14(9-7-12)18-20-15-5-1-3-13-4-2-10-17-16(13)15;1-15-5-9(16,6-15)8-7(10(11,12)13)3-2-4-14-8/h1-11,18H;2-4,16H,5-6H2,1H3. The number of hydrogen-bond donors (Lipinski definition) is 2. The number of likely N-dealkylation sites (N-methyl/N-ethyl adjacent to an activating group) is 1. The lowest BCUT2D eigenvalue weighted by molar-refractivity contribution is -0.147. The molecule has 0 bridgehead atoms. The van der Waals surface area contributed by atoms with E-state index in [1.807, 2.05) is 42.5 Å². The number of halogens is 3. The van der Waals surface area contributed by atoms with Gasteiger partial charge in [-0.2, -0.15) is 13.2 Å². The Morgan fingerprint density at radius 1 is 1.00 bits per heavy atom. The number of β-amino-alcohol motifs (C(OH)–C–C–N with tert-alkyl or cyclic N) is 1. The highest BCUT2D eigenvalue weighted by molar-refractivity contribution is 8.00. The number of nitrogens with zero attached hydrogens (tertiary/aromatic N) is 3. The summed E-state index contributed by atoms with van der Waals surface area (Å²) in [5.41, 5.74) is 0.00467. The van der Waals surface area contributed by atoms with Gasteiger partial charge in [0.25, 0.3) is 0 Å². The molecule has 1 aliphatic rings. The molecule has 10 heteroatoms. The van der Waals surface area contributed by atoms with Crippen LogP contribution in [0.1, 0.15) is 21.6 Å². The van der Waals surface area contributed by atoms with Gasteiger partial charge in [-0.3, -0.25) is 19.7 Å². The summed E-state index contributed by atoms with van der Waals surface area (Å²) in [7, 11) is 1.73. The predicted molar refractivity (Wildman–Crippen MR) is 134 cm³/mol. The van der Waals surface area contributed by atoms with Crippen LogP contribution < -0.4 is 4.72 Å². The van der Waals surface area contributed by atoms with Crippen LogP contribution in [0.4, 0.5) is 18.9 Å². The maximum absolute atomic E-state index is 12.7. The number of fused-ring (bicyclic) bond motifs is 1. The highest BCUT2D eigenvalue weighted by atomic mass is 32.2. The van der Waals surface area contributed by atoms with Gasteiger partial charge in [0.1, 0.15) is 11.9 Å². The molecule has 2 aromatic carbocycles. The van der Waals surface area contributed by atoms with Crippen molar-refractivity contribution in [2.45, 2.75) is 16.7 Å². The number of carbonyl (C=O) groups excluding carboxylic acids is 1. The Morgan fingerprint density at radius 2 is 1.67 bits per heavy atom. The van der Waals surface area contributed by atoms with E-state index in [4.69, 9.17) is 0 Å². The van der Waals surface area contributed by atoms with Gasteiger partial charge in [-0.15, -0.1) is 0 Å². The Bertz CT molecular complexity index is 1340. The molecule has 0 unspecified atom stereocenters. The third kappa shape index (κ3) is 5.84. The molecule has 3 heterocycles. The average molecular weight is 513 g/mol. The molecular weight excluding hydrogens is 489 g/mol. The molecule has 0 amide bonds. The van der Waals surface area contributed by atoms with E-state index in [1.165, 1.54) is 24.2 Å². The van der Waals surface area contributed by atoms with Gasteiger partial charge in [0.2, 0.25) is 0 Å². The second kappa shape index (κ2) is 10.7. The molecule has 0 atom stereocenters. The van der Waals surface area contributed by atoms with Crippen molar-refractivity contribution in [2.24, 2.45) is 0 Å². The van der Waals surface area contributed by atoms with Gasteiger partial charge in [0.05, 0.1) is 21.7 Å². The van der Waals surface area contributed by atoms with Gasteiger partial charge in [0, 0.05) is 42.1 Å². The molecule has 6 nitrogen and oxygen atoms in total. The first-order valence-corrected chi connectivity index (χ1v) is 11.8. The molecule has 2 aromatic heterocycles.